The predicted molar refractivity (Wildman–Crippen MR) is 146 cm³/mol. The van der Waals surface area contributed by atoms with Crippen LogP contribution < -0.4 is 5.32 Å². The van der Waals surface area contributed by atoms with Gasteiger partial charge in [-0.25, -0.2) is 9.48 Å². The molecular weight excluding hydrogens is 476 g/mol. The van der Waals surface area contributed by atoms with Crippen molar-refractivity contribution in [3.63, 3.8) is 0 Å². The fraction of sp³-hybridized carbons (Fsp3) is 0.161. The van der Waals surface area contributed by atoms with Crippen LogP contribution in [0, 0.1) is 6.92 Å². The van der Waals surface area contributed by atoms with E-state index in [2.05, 4.69) is 27.8 Å². The lowest BCUT2D eigenvalue weighted by molar-refractivity contribution is 0.0697. The highest BCUT2D eigenvalue weighted by molar-refractivity contribution is 6.00. The van der Waals surface area contributed by atoms with Gasteiger partial charge in [-0.1, -0.05) is 59.8 Å². The van der Waals surface area contributed by atoms with Gasteiger partial charge in [0, 0.05) is 5.56 Å². The lowest BCUT2D eigenvalue weighted by atomic mass is 9.87. The monoisotopic (exact) mass is 502 g/mol. The molecule has 6 rings (SSSR count). The Bertz CT molecular complexity index is 1690. The molecule has 4 aromatic carbocycles. The van der Waals surface area contributed by atoms with E-state index in [0.29, 0.717) is 16.6 Å². The molecular formula is C31H26N4O3. The first-order valence-electron chi connectivity index (χ1n) is 12.7. The van der Waals surface area contributed by atoms with Crippen LogP contribution in [0.1, 0.15) is 56.3 Å². The van der Waals surface area contributed by atoms with Crippen LogP contribution in [0.4, 0.5) is 0 Å². The van der Waals surface area contributed by atoms with E-state index in [0.717, 1.165) is 41.6 Å². The third-order valence-electron chi connectivity index (χ3n) is 7.37. The number of aryl methyl sites for hydroxylation is 2. The summed E-state index contributed by atoms with van der Waals surface area (Å²) in [6.07, 6.45) is 3.02. The first-order chi connectivity index (χ1) is 18.5. The molecule has 1 aliphatic carbocycles. The third kappa shape index (κ3) is 4.12. The Morgan fingerprint density at radius 2 is 1.68 bits per heavy atom. The molecule has 0 saturated heterocycles. The number of carboxylic acid groups (broad SMARTS) is 1. The number of aromatic nitrogens is 3. The van der Waals surface area contributed by atoms with Crippen LogP contribution in [0.3, 0.4) is 0 Å². The Kier molecular flexibility index (Phi) is 5.96. The number of carboxylic acids is 1. The van der Waals surface area contributed by atoms with Gasteiger partial charge in [-0.3, -0.25) is 4.79 Å². The number of benzene rings is 4. The highest BCUT2D eigenvalue weighted by atomic mass is 16.4. The van der Waals surface area contributed by atoms with Crippen molar-refractivity contribution in [2.24, 2.45) is 0 Å². The van der Waals surface area contributed by atoms with Crippen molar-refractivity contribution >= 4 is 22.9 Å². The fourth-order valence-corrected chi connectivity index (χ4v) is 5.40. The zero-order valence-electron chi connectivity index (χ0n) is 20.9. The quantitative estimate of drug-likeness (QED) is 0.312. The van der Waals surface area contributed by atoms with Gasteiger partial charge in [0.25, 0.3) is 5.91 Å². The number of nitrogens with zero attached hydrogens (tertiary/aromatic N) is 3. The summed E-state index contributed by atoms with van der Waals surface area (Å²) < 4.78 is 1.73. The lowest BCUT2D eigenvalue weighted by Crippen LogP contribution is -2.31. The topological polar surface area (TPSA) is 97.1 Å². The first kappa shape index (κ1) is 23.6. The first-order valence-corrected chi connectivity index (χ1v) is 12.7. The van der Waals surface area contributed by atoms with Crippen molar-refractivity contribution in [1.82, 2.24) is 20.3 Å². The van der Waals surface area contributed by atoms with Crippen LogP contribution in [-0.4, -0.2) is 32.0 Å². The van der Waals surface area contributed by atoms with E-state index in [1.54, 1.807) is 22.9 Å². The normalized spacial score (nSPS) is 14.7. The maximum Gasteiger partial charge on any atom is 0.336 e. The second-order valence-electron chi connectivity index (χ2n) is 9.62. The van der Waals surface area contributed by atoms with Gasteiger partial charge >= 0.3 is 5.97 Å². The second kappa shape index (κ2) is 9.59. The molecule has 0 aliphatic heterocycles. The molecule has 0 saturated carbocycles. The highest BCUT2D eigenvalue weighted by Gasteiger charge is 2.23. The van der Waals surface area contributed by atoms with E-state index in [-0.39, 0.29) is 17.5 Å². The van der Waals surface area contributed by atoms with Gasteiger partial charge < -0.3 is 10.4 Å². The standard InChI is InChI=1S/C31H26N4O3/c1-19-23(30(36)32-27-12-6-8-20-7-2-3-10-25(20)27)17-18-28-29(19)33-34-35(28)22-15-13-21(14-16-22)24-9-4-5-11-26(24)31(37)38/h2-5,7,9-11,13-18,27H,6,8,12H2,1H3,(H,32,36)(H,37,38). The van der Waals surface area contributed by atoms with E-state index in [4.69, 9.17) is 0 Å². The van der Waals surface area contributed by atoms with Gasteiger partial charge in [0.15, 0.2) is 0 Å². The number of carbonyl (C=O) groups is 2. The second-order valence-corrected chi connectivity index (χ2v) is 9.62. The van der Waals surface area contributed by atoms with Crippen molar-refractivity contribution in [3.05, 3.63) is 113 Å². The Hall–Kier alpha value is -4.78. The maximum atomic E-state index is 13.3. The molecule has 1 atom stereocenters. The Labute approximate surface area is 219 Å². The Morgan fingerprint density at radius 1 is 0.921 bits per heavy atom. The molecule has 0 radical (unpaired) electrons. The molecule has 0 bridgehead atoms. The smallest absolute Gasteiger partial charge is 0.336 e. The van der Waals surface area contributed by atoms with Crippen molar-refractivity contribution in [2.45, 2.75) is 32.2 Å². The van der Waals surface area contributed by atoms with E-state index in [1.165, 1.54) is 11.1 Å². The van der Waals surface area contributed by atoms with Gasteiger partial charge in [0.2, 0.25) is 0 Å². The molecule has 5 aromatic rings. The van der Waals surface area contributed by atoms with Gasteiger partial charge in [0.1, 0.15) is 5.52 Å². The van der Waals surface area contributed by atoms with Gasteiger partial charge in [-0.2, -0.15) is 0 Å². The minimum Gasteiger partial charge on any atom is -0.478 e. The summed E-state index contributed by atoms with van der Waals surface area (Å²) in [5.74, 6) is -1.07. The average Bonchev–Trinajstić information content (AvgIpc) is 3.38. The van der Waals surface area contributed by atoms with Crippen molar-refractivity contribution in [2.75, 3.05) is 0 Å². The predicted octanol–water partition coefficient (Wildman–Crippen LogP) is 5.90. The molecule has 2 N–H and O–H groups in total. The van der Waals surface area contributed by atoms with Gasteiger partial charge in [-0.15, -0.1) is 5.10 Å². The molecule has 1 unspecified atom stereocenters. The molecule has 38 heavy (non-hydrogen) atoms. The average molecular weight is 503 g/mol. The zero-order valence-corrected chi connectivity index (χ0v) is 20.9. The highest BCUT2D eigenvalue weighted by Crippen LogP contribution is 2.31. The third-order valence-corrected chi connectivity index (χ3v) is 7.37. The molecule has 7 nitrogen and oxygen atoms in total. The minimum absolute atomic E-state index is 0.00278. The number of rotatable bonds is 5. The van der Waals surface area contributed by atoms with Crippen LogP contribution in [-0.2, 0) is 6.42 Å². The van der Waals surface area contributed by atoms with Crippen LogP contribution in [0.2, 0.25) is 0 Å². The zero-order chi connectivity index (χ0) is 26.2. The summed E-state index contributed by atoms with van der Waals surface area (Å²) in [6.45, 7) is 1.90. The van der Waals surface area contributed by atoms with Gasteiger partial charge in [0.05, 0.1) is 22.8 Å². The van der Waals surface area contributed by atoms with Crippen LogP contribution in [0.25, 0.3) is 27.8 Å². The fourth-order valence-electron chi connectivity index (χ4n) is 5.40. The van der Waals surface area contributed by atoms with Crippen molar-refractivity contribution in [1.29, 1.82) is 0 Å². The molecule has 1 aromatic heterocycles. The van der Waals surface area contributed by atoms with Crippen LogP contribution >= 0.6 is 0 Å². The van der Waals surface area contributed by atoms with E-state index in [9.17, 15) is 14.7 Å². The van der Waals surface area contributed by atoms with E-state index >= 15 is 0 Å². The molecule has 7 heteroatoms. The summed E-state index contributed by atoms with van der Waals surface area (Å²) in [7, 11) is 0. The number of hydrogen-bond acceptors (Lipinski definition) is 4. The maximum absolute atomic E-state index is 13.3. The van der Waals surface area contributed by atoms with E-state index in [1.807, 2.05) is 61.5 Å². The number of carbonyl (C=O) groups excluding carboxylic acids is 1. The summed E-state index contributed by atoms with van der Waals surface area (Å²) in [6, 6.07) is 26.5. The van der Waals surface area contributed by atoms with Crippen molar-refractivity contribution in [3.8, 4) is 16.8 Å². The minimum atomic E-state index is -0.963. The molecule has 1 aliphatic rings. The number of aromatic carboxylic acids is 1. The summed E-state index contributed by atoms with van der Waals surface area (Å²) >= 11 is 0. The number of nitrogens with one attached hydrogen (secondary N) is 1. The summed E-state index contributed by atoms with van der Waals surface area (Å²) in [4.78, 5) is 24.9. The number of amides is 1. The summed E-state index contributed by atoms with van der Waals surface area (Å²) in [5.41, 5.74) is 7.84. The Balaban J connectivity index is 1.28. The van der Waals surface area contributed by atoms with E-state index < -0.39 is 5.97 Å². The Morgan fingerprint density at radius 3 is 2.50 bits per heavy atom. The molecule has 0 fully saturated rings. The number of fused-ring (bicyclic) bond motifs is 2. The van der Waals surface area contributed by atoms with Crippen molar-refractivity contribution < 1.29 is 14.7 Å². The molecule has 188 valence electrons. The molecule has 1 heterocycles. The largest absolute Gasteiger partial charge is 0.478 e. The van der Waals surface area contributed by atoms with Crippen LogP contribution in [0.5, 0.6) is 0 Å². The van der Waals surface area contributed by atoms with Gasteiger partial charge in [-0.05, 0) is 84.3 Å². The molecule has 1 amide bonds. The summed E-state index contributed by atoms with van der Waals surface area (Å²) in [5, 5.41) is 21.5. The number of hydrogen-bond donors (Lipinski definition) is 2. The van der Waals surface area contributed by atoms with Crippen LogP contribution in [0.15, 0.2) is 84.9 Å². The molecule has 0 spiro atoms. The lowest BCUT2D eigenvalue weighted by Gasteiger charge is -2.26. The SMILES string of the molecule is Cc1c(C(=O)NC2CCCc3ccccc32)ccc2c1nnn2-c1ccc(-c2ccccc2C(=O)O)cc1.